The monoisotopic (exact) mass is 525 g/mol. The molecule has 0 atom stereocenters. The lowest BCUT2D eigenvalue weighted by atomic mass is 10.1. The molecule has 0 aromatic heterocycles. The number of nitrogens with one attached hydrogen (secondary N) is 2. The van der Waals surface area contributed by atoms with Crippen molar-refractivity contribution in [2.75, 3.05) is 20.1 Å². The van der Waals surface area contributed by atoms with Crippen LogP contribution in [0.4, 0.5) is 4.79 Å². The van der Waals surface area contributed by atoms with Gasteiger partial charge in [0.05, 0.1) is 10.9 Å². The fraction of sp³-hybridized carbons (Fsp3) is 0.529. The highest BCUT2D eigenvalue weighted by molar-refractivity contribution is 14.0. The molecule has 11 heteroatoms. The number of likely N-dealkylation sites (tertiary alicyclic amines) is 1. The molecule has 1 heterocycles. The average molecular weight is 525 g/mol. The van der Waals surface area contributed by atoms with Crippen LogP contribution in [0.1, 0.15) is 26.3 Å². The average Bonchev–Trinajstić information content (AvgIpc) is 2.50. The number of amides is 1. The molecule has 0 radical (unpaired) electrons. The van der Waals surface area contributed by atoms with Crippen LogP contribution in [0.3, 0.4) is 0 Å². The van der Waals surface area contributed by atoms with Gasteiger partial charge >= 0.3 is 6.09 Å². The maximum absolute atomic E-state index is 11.9. The molecular formula is C17H28IN5O4S. The Labute approximate surface area is 183 Å². The van der Waals surface area contributed by atoms with E-state index in [-0.39, 0.29) is 41.0 Å². The summed E-state index contributed by atoms with van der Waals surface area (Å²) in [5, 5.41) is 11.5. The van der Waals surface area contributed by atoms with Gasteiger partial charge in [-0.25, -0.2) is 18.4 Å². The van der Waals surface area contributed by atoms with Crippen LogP contribution in [0.25, 0.3) is 0 Å². The number of sulfonamides is 1. The first-order valence-electron chi connectivity index (χ1n) is 8.55. The topological polar surface area (TPSA) is 126 Å². The minimum absolute atomic E-state index is 0. The second-order valence-corrected chi connectivity index (χ2v) is 8.91. The largest absolute Gasteiger partial charge is 0.444 e. The standard InChI is InChI=1S/C17H27N5O4S.HI/c1-17(2,3)26-16(23)22-10-13(11-22)21-15(19-4)20-9-12-6-5-7-14(8-12)27(18,24)25;/h5-8,13H,9-11H2,1-4H3,(H2,18,24,25)(H2,19,20,21);1H. The number of rotatable bonds is 4. The SMILES string of the molecule is CN=C(NCc1cccc(S(N)(=O)=O)c1)NC1CN(C(=O)OC(C)(C)C)C1.I. The van der Waals surface area contributed by atoms with Gasteiger partial charge in [0.25, 0.3) is 0 Å². The first-order valence-corrected chi connectivity index (χ1v) is 10.1. The number of benzene rings is 1. The summed E-state index contributed by atoms with van der Waals surface area (Å²) in [7, 11) is -2.09. The lowest BCUT2D eigenvalue weighted by Crippen LogP contribution is -2.63. The predicted molar refractivity (Wildman–Crippen MR) is 118 cm³/mol. The normalized spacial score (nSPS) is 15.3. The quantitative estimate of drug-likeness (QED) is 0.309. The van der Waals surface area contributed by atoms with Crippen molar-refractivity contribution in [1.29, 1.82) is 0 Å². The second-order valence-electron chi connectivity index (χ2n) is 7.34. The van der Waals surface area contributed by atoms with Gasteiger partial charge in [-0.2, -0.15) is 0 Å². The van der Waals surface area contributed by atoms with Gasteiger partial charge in [0, 0.05) is 26.7 Å². The Morgan fingerprint density at radius 3 is 2.54 bits per heavy atom. The molecule has 4 N–H and O–H groups in total. The number of carbonyl (C=O) groups excluding carboxylic acids is 1. The number of nitrogens with zero attached hydrogens (tertiary/aromatic N) is 2. The molecule has 0 unspecified atom stereocenters. The third-order valence-electron chi connectivity index (χ3n) is 3.78. The highest BCUT2D eigenvalue weighted by Crippen LogP contribution is 2.15. The van der Waals surface area contributed by atoms with E-state index in [4.69, 9.17) is 9.88 Å². The summed E-state index contributed by atoms with van der Waals surface area (Å²) < 4.78 is 28.2. The third kappa shape index (κ3) is 7.43. The Bertz CT molecular complexity index is 817. The van der Waals surface area contributed by atoms with E-state index in [0.29, 0.717) is 25.6 Å². The molecule has 1 saturated heterocycles. The van der Waals surface area contributed by atoms with Crippen molar-refractivity contribution in [1.82, 2.24) is 15.5 Å². The Morgan fingerprint density at radius 2 is 2.00 bits per heavy atom. The van der Waals surface area contributed by atoms with E-state index in [0.717, 1.165) is 5.56 Å². The number of guanidine groups is 1. The van der Waals surface area contributed by atoms with E-state index in [9.17, 15) is 13.2 Å². The van der Waals surface area contributed by atoms with Crippen molar-refractivity contribution < 1.29 is 17.9 Å². The van der Waals surface area contributed by atoms with Crippen molar-refractivity contribution >= 4 is 46.1 Å². The zero-order valence-electron chi connectivity index (χ0n) is 16.4. The number of hydrogen-bond donors (Lipinski definition) is 3. The highest BCUT2D eigenvalue weighted by atomic mass is 127. The molecule has 1 aliphatic heterocycles. The molecule has 1 aromatic carbocycles. The number of aliphatic imine (C=N–C) groups is 1. The van der Waals surface area contributed by atoms with Gasteiger partial charge in [0.1, 0.15) is 5.60 Å². The third-order valence-corrected chi connectivity index (χ3v) is 4.70. The van der Waals surface area contributed by atoms with Crippen molar-refractivity contribution in [3.8, 4) is 0 Å². The van der Waals surface area contributed by atoms with Gasteiger partial charge in [0.2, 0.25) is 10.0 Å². The minimum Gasteiger partial charge on any atom is -0.444 e. The summed E-state index contributed by atoms with van der Waals surface area (Å²) in [4.78, 5) is 17.8. The van der Waals surface area contributed by atoms with Crippen LogP contribution in [0, 0.1) is 0 Å². The molecule has 1 aromatic rings. The van der Waals surface area contributed by atoms with E-state index >= 15 is 0 Å². The number of primary sulfonamides is 1. The summed E-state index contributed by atoms with van der Waals surface area (Å²) in [5.74, 6) is 0.560. The Morgan fingerprint density at radius 1 is 1.36 bits per heavy atom. The van der Waals surface area contributed by atoms with Gasteiger partial charge in [-0.3, -0.25) is 4.99 Å². The van der Waals surface area contributed by atoms with Crippen LogP contribution >= 0.6 is 24.0 Å². The van der Waals surface area contributed by atoms with Gasteiger partial charge in [-0.1, -0.05) is 12.1 Å². The fourth-order valence-corrected chi connectivity index (χ4v) is 3.04. The number of hydrogen-bond acceptors (Lipinski definition) is 5. The maximum Gasteiger partial charge on any atom is 0.410 e. The van der Waals surface area contributed by atoms with Crippen LogP contribution in [-0.2, 0) is 21.3 Å². The predicted octanol–water partition coefficient (Wildman–Crippen LogP) is 1.24. The lowest BCUT2D eigenvalue weighted by Gasteiger charge is -2.40. The first kappa shape index (κ1) is 24.4. The Balaban J connectivity index is 0.00000392. The Hall–Kier alpha value is -1.60. The van der Waals surface area contributed by atoms with Gasteiger partial charge in [-0.05, 0) is 38.5 Å². The summed E-state index contributed by atoms with van der Waals surface area (Å²) >= 11 is 0. The molecule has 1 aliphatic rings. The number of nitrogens with two attached hydrogens (primary N) is 1. The van der Waals surface area contributed by atoms with E-state index in [1.54, 1.807) is 24.1 Å². The van der Waals surface area contributed by atoms with E-state index in [1.807, 2.05) is 20.8 Å². The zero-order chi connectivity index (χ0) is 20.2. The minimum atomic E-state index is -3.73. The molecule has 0 spiro atoms. The molecule has 0 saturated carbocycles. The van der Waals surface area contributed by atoms with Crippen LogP contribution in [0.15, 0.2) is 34.2 Å². The van der Waals surface area contributed by atoms with Crippen LogP contribution < -0.4 is 15.8 Å². The summed E-state index contributed by atoms with van der Waals surface area (Å²) in [6, 6.07) is 6.47. The van der Waals surface area contributed by atoms with Gasteiger partial charge in [0.15, 0.2) is 5.96 Å². The van der Waals surface area contributed by atoms with E-state index < -0.39 is 15.6 Å². The van der Waals surface area contributed by atoms with Crippen LogP contribution in [0.2, 0.25) is 0 Å². The van der Waals surface area contributed by atoms with Crippen molar-refractivity contribution in [2.24, 2.45) is 10.1 Å². The van der Waals surface area contributed by atoms with Crippen LogP contribution in [0.5, 0.6) is 0 Å². The molecule has 0 aliphatic carbocycles. The molecule has 9 nitrogen and oxygen atoms in total. The summed E-state index contributed by atoms with van der Waals surface area (Å²) in [5.41, 5.74) is 0.243. The van der Waals surface area contributed by atoms with Gasteiger partial charge < -0.3 is 20.3 Å². The fourth-order valence-electron chi connectivity index (χ4n) is 2.45. The van der Waals surface area contributed by atoms with Gasteiger partial charge in [-0.15, -0.1) is 24.0 Å². The summed E-state index contributed by atoms with van der Waals surface area (Å²) in [6.45, 7) is 6.92. The molecular weight excluding hydrogens is 497 g/mol. The van der Waals surface area contributed by atoms with Crippen molar-refractivity contribution in [2.45, 2.75) is 43.9 Å². The molecule has 1 amide bonds. The maximum atomic E-state index is 11.9. The summed E-state index contributed by atoms with van der Waals surface area (Å²) in [6.07, 6.45) is -0.330. The molecule has 158 valence electrons. The molecule has 28 heavy (non-hydrogen) atoms. The van der Waals surface area contributed by atoms with Crippen molar-refractivity contribution in [3.05, 3.63) is 29.8 Å². The molecule has 2 rings (SSSR count). The number of ether oxygens (including phenoxy) is 1. The second kappa shape index (κ2) is 9.74. The number of halogens is 1. The molecule has 0 bridgehead atoms. The Kier molecular flexibility index (Phi) is 8.50. The van der Waals surface area contributed by atoms with E-state index in [1.165, 1.54) is 12.1 Å². The smallest absolute Gasteiger partial charge is 0.410 e. The number of carbonyl (C=O) groups is 1. The van der Waals surface area contributed by atoms with E-state index in [2.05, 4.69) is 15.6 Å². The van der Waals surface area contributed by atoms with Crippen molar-refractivity contribution in [3.63, 3.8) is 0 Å². The van der Waals surface area contributed by atoms with Crippen LogP contribution in [-0.4, -0.2) is 57.2 Å². The molecule has 1 fully saturated rings. The highest BCUT2D eigenvalue weighted by Gasteiger charge is 2.34. The lowest BCUT2D eigenvalue weighted by molar-refractivity contribution is 0.00701. The zero-order valence-corrected chi connectivity index (χ0v) is 19.6. The first-order chi connectivity index (χ1) is 12.5.